The Morgan fingerprint density at radius 2 is 2.13 bits per heavy atom. The first-order chi connectivity index (χ1) is 7.20. The summed E-state index contributed by atoms with van der Waals surface area (Å²) in [5, 5.41) is 10.4. The number of aromatic nitrogens is 1. The van der Waals surface area contributed by atoms with Crippen molar-refractivity contribution in [1.29, 1.82) is 0 Å². The summed E-state index contributed by atoms with van der Waals surface area (Å²) in [5.74, 6) is 0.845. The van der Waals surface area contributed by atoms with Crippen LogP contribution in [0, 0.1) is 6.92 Å². The van der Waals surface area contributed by atoms with E-state index in [4.69, 9.17) is 11.6 Å². The van der Waals surface area contributed by atoms with Crippen LogP contribution < -0.4 is 0 Å². The topological polar surface area (TPSA) is 33.1 Å². The number of aromatic hydroxyl groups is 1. The molecule has 0 radical (unpaired) electrons. The van der Waals surface area contributed by atoms with Crippen LogP contribution in [0.1, 0.15) is 11.3 Å². The highest BCUT2D eigenvalue weighted by Gasteiger charge is 2.04. The fourth-order valence-electron chi connectivity index (χ4n) is 1.74. The molecule has 0 aliphatic carbocycles. The fourth-order valence-corrected chi connectivity index (χ4v) is 1.94. The maximum absolute atomic E-state index is 9.43. The molecular formula is C12H12ClNO. The SMILES string of the molecule is Cc1cc(CCCl)c2cc(O)ccc2n1. The smallest absolute Gasteiger partial charge is 0.116 e. The molecule has 1 N–H and O–H groups in total. The van der Waals surface area contributed by atoms with Gasteiger partial charge in [-0.25, -0.2) is 0 Å². The minimum atomic E-state index is 0.268. The minimum absolute atomic E-state index is 0.268. The van der Waals surface area contributed by atoms with Gasteiger partial charge in [-0.3, -0.25) is 4.98 Å². The van der Waals surface area contributed by atoms with Crippen LogP contribution in [0.2, 0.25) is 0 Å². The van der Waals surface area contributed by atoms with Crippen LogP contribution in [0.25, 0.3) is 10.9 Å². The lowest BCUT2D eigenvalue weighted by molar-refractivity contribution is 0.476. The van der Waals surface area contributed by atoms with E-state index in [-0.39, 0.29) is 5.75 Å². The van der Waals surface area contributed by atoms with E-state index in [9.17, 15) is 5.11 Å². The standard InChI is InChI=1S/C12H12ClNO/c1-8-6-9(4-5-13)11-7-10(15)2-3-12(11)14-8/h2-3,6-7,15H,4-5H2,1H3. The van der Waals surface area contributed by atoms with E-state index in [2.05, 4.69) is 4.98 Å². The second kappa shape index (κ2) is 4.07. The summed E-state index contributed by atoms with van der Waals surface area (Å²) >= 11 is 5.75. The number of fused-ring (bicyclic) bond motifs is 1. The minimum Gasteiger partial charge on any atom is -0.508 e. The van der Waals surface area contributed by atoms with Gasteiger partial charge in [-0.2, -0.15) is 0 Å². The number of rotatable bonds is 2. The van der Waals surface area contributed by atoms with Gasteiger partial charge < -0.3 is 5.11 Å². The maximum Gasteiger partial charge on any atom is 0.116 e. The molecule has 78 valence electrons. The molecule has 2 aromatic rings. The van der Waals surface area contributed by atoms with Crippen molar-refractivity contribution in [1.82, 2.24) is 4.98 Å². The first kappa shape index (κ1) is 10.2. The zero-order chi connectivity index (χ0) is 10.8. The summed E-state index contributed by atoms with van der Waals surface area (Å²) in [6, 6.07) is 7.24. The molecule has 0 saturated carbocycles. The van der Waals surface area contributed by atoms with Crippen molar-refractivity contribution in [3.05, 3.63) is 35.5 Å². The van der Waals surface area contributed by atoms with E-state index >= 15 is 0 Å². The normalized spacial score (nSPS) is 10.8. The van der Waals surface area contributed by atoms with Crippen molar-refractivity contribution < 1.29 is 5.11 Å². The third-order valence-corrected chi connectivity index (χ3v) is 2.56. The Labute approximate surface area is 93.5 Å². The number of phenols is 1. The highest BCUT2D eigenvalue weighted by Crippen LogP contribution is 2.23. The van der Waals surface area contributed by atoms with Gasteiger partial charge in [0.05, 0.1) is 5.52 Å². The second-order valence-corrected chi connectivity index (χ2v) is 3.94. The summed E-state index contributed by atoms with van der Waals surface area (Å²) in [4.78, 5) is 4.41. The monoisotopic (exact) mass is 221 g/mol. The van der Waals surface area contributed by atoms with E-state index < -0.39 is 0 Å². The summed E-state index contributed by atoms with van der Waals surface area (Å²) in [6.07, 6.45) is 0.796. The zero-order valence-corrected chi connectivity index (χ0v) is 9.25. The molecule has 0 aliphatic heterocycles. The number of halogens is 1. The number of alkyl halides is 1. The first-order valence-electron chi connectivity index (χ1n) is 4.86. The summed E-state index contributed by atoms with van der Waals surface area (Å²) in [6.45, 7) is 1.96. The molecule has 0 bridgehead atoms. The predicted molar refractivity (Wildman–Crippen MR) is 62.6 cm³/mol. The molecule has 1 aromatic carbocycles. The second-order valence-electron chi connectivity index (χ2n) is 3.56. The van der Waals surface area contributed by atoms with E-state index in [1.54, 1.807) is 12.1 Å². The van der Waals surface area contributed by atoms with Gasteiger partial charge in [0.1, 0.15) is 5.75 Å². The van der Waals surface area contributed by atoms with Gasteiger partial charge in [0, 0.05) is 17.0 Å². The Morgan fingerprint density at radius 1 is 1.33 bits per heavy atom. The average molecular weight is 222 g/mol. The molecule has 0 atom stereocenters. The zero-order valence-electron chi connectivity index (χ0n) is 8.50. The summed E-state index contributed by atoms with van der Waals surface area (Å²) in [5.41, 5.74) is 3.03. The predicted octanol–water partition coefficient (Wildman–Crippen LogP) is 3.03. The van der Waals surface area contributed by atoms with Crippen molar-refractivity contribution in [3.8, 4) is 5.75 Å². The Balaban J connectivity index is 2.70. The Morgan fingerprint density at radius 3 is 2.87 bits per heavy atom. The van der Waals surface area contributed by atoms with E-state index in [0.717, 1.165) is 28.6 Å². The van der Waals surface area contributed by atoms with Gasteiger partial charge in [-0.15, -0.1) is 11.6 Å². The number of hydrogen-bond donors (Lipinski definition) is 1. The van der Waals surface area contributed by atoms with Crippen LogP contribution in [0.3, 0.4) is 0 Å². The molecule has 0 aliphatic rings. The van der Waals surface area contributed by atoms with Crippen LogP contribution in [0.15, 0.2) is 24.3 Å². The maximum atomic E-state index is 9.43. The molecule has 0 spiro atoms. The summed E-state index contributed by atoms with van der Waals surface area (Å²) < 4.78 is 0. The van der Waals surface area contributed by atoms with Crippen LogP contribution in [0.5, 0.6) is 5.75 Å². The average Bonchev–Trinajstić information content (AvgIpc) is 2.19. The lowest BCUT2D eigenvalue weighted by Crippen LogP contribution is -1.93. The molecule has 2 nitrogen and oxygen atoms in total. The molecule has 3 heteroatoms. The molecule has 0 unspecified atom stereocenters. The number of aryl methyl sites for hydroxylation is 2. The Hall–Kier alpha value is -1.28. The molecular weight excluding hydrogens is 210 g/mol. The lowest BCUT2D eigenvalue weighted by atomic mass is 10.1. The number of phenolic OH excluding ortho intramolecular Hbond substituents is 1. The van der Waals surface area contributed by atoms with Gasteiger partial charge >= 0.3 is 0 Å². The molecule has 0 amide bonds. The molecule has 1 aromatic heterocycles. The molecule has 1 heterocycles. The van der Waals surface area contributed by atoms with E-state index in [1.165, 1.54) is 0 Å². The van der Waals surface area contributed by atoms with Crippen molar-refractivity contribution in [2.24, 2.45) is 0 Å². The molecule has 15 heavy (non-hydrogen) atoms. The lowest BCUT2D eigenvalue weighted by Gasteiger charge is -2.06. The third-order valence-electron chi connectivity index (χ3n) is 2.37. The number of benzene rings is 1. The van der Waals surface area contributed by atoms with Crippen LogP contribution in [0.4, 0.5) is 0 Å². The first-order valence-corrected chi connectivity index (χ1v) is 5.39. The van der Waals surface area contributed by atoms with Crippen molar-refractivity contribution in [2.75, 3.05) is 5.88 Å². The largest absolute Gasteiger partial charge is 0.508 e. The Bertz CT molecular complexity index is 496. The van der Waals surface area contributed by atoms with E-state index in [1.807, 2.05) is 19.1 Å². The van der Waals surface area contributed by atoms with E-state index in [0.29, 0.717) is 5.88 Å². The fraction of sp³-hybridized carbons (Fsp3) is 0.250. The van der Waals surface area contributed by atoms with Crippen LogP contribution in [-0.4, -0.2) is 16.0 Å². The highest BCUT2D eigenvalue weighted by atomic mass is 35.5. The van der Waals surface area contributed by atoms with Gasteiger partial charge in [-0.1, -0.05) is 0 Å². The van der Waals surface area contributed by atoms with Crippen molar-refractivity contribution in [2.45, 2.75) is 13.3 Å². The highest BCUT2D eigenvalue weighted by molar-refractivity contribution is 6.18. The van der Waals surface area contributed by atoms with Crippen molar-refractivity contribution >= 4 is 22.5 Å². The van der Waals surface area contributed by atoms with Crippen LogP contribution >= 0.6 is 11.6 Å². The van der Waals surface area contributed by atoms with Gasteiger partial charge in [-0.05, 0) is 43.2 Å². The van der Waals surface area contributed by atoms with Gasteiger partial charge in [0.2, 0.25) is 0 Å². The molecule has 2 rings (SSSR count). The van der Waals surface area contributed by atoms with Crippen molar-refractivity contribution in [3.63, 3.8) is 0 Å². The number of hydrogen-bond acceptors (Lipinski definition) is 2. The number of pyridine rings is 1. The van der Waals surface area contributed by atoms with Crippen LogP contribution in [-0.2, 0) is 6.42 Å². The molecule has 0 saturated heterocycles. The number of nitrogens with zero attached hydrogens (tertiary/aromatic N) is 1. The molecule has 0 fully saturated rings. The third kappa shape index (κ3) is 2.05. The summed E-state index contributed by atoms with van der Waals surface area (Å²) in [7, 11) is 0. The Kier molecular flexibility index (Phi) is 2.78. The van der Waals surface area contributed by atoms with Gasteiger partial charge in [0.15, 0.2) is 0 Å². The quantitative estimate of drug-likeness (QED) is 0.791. The van der Waals surface area contributed by atoms with Gasteiger partial charge in [0.25, 0.3) is 0 Å².